The lowest BCUT2D eigenvalue weighted by molar-refractivity contribution is -0.0501. The van der Waals surface area contributed by atoms with E-state index in [2.05, 4.69) is 5.32 Å². The fourth-order valence-electron chi connectivity index (χ4n) is 7.41. The predicted octanol–water partition coefficient (Wildman–Crippen LogP) is 7.28. The van der Waals surface area contributed by atoms with Crippen LogP contribution in [0.3, 0.4) is 0 Å². The zero-order valence-corrected chi connectivity index (χ0v) is 28.6. The molecule has 10 nitrogen and oxygen atoms in total. The van der Waals surface area contributed by atoms with Gasteiger partial charge in [0.2, 0.25) is 10.0 Å². The lowest BCUT2D eigenvalue weighted by Crippen LogP contribution is -2.56. The Morgan fingerprint density at radius 2 is 1.43 bits per heavy atom. The van der Waals surface area contributed by atoms with Crippen LogP contribution in [0.2, 0.25) is 0 Å². The highest BCUT2D eigenvalue weighted by Crippen LogP contribution is 2.44. The van der Waals surface area contributed by atoms with Crippen molar-refractivity contribution in [2.45, 2.75) is 96.2 Å². The Kier molecular flexibility index (Phi) is 10.8. The lowest BCUT2D eigenvalue weighted by atomic mass is 9.71. The number of anilines is 3. The molecule has 252 valence electrons. The van der Waals surface area contributed by atoms with E-state index in [1.807, 2.05) is 37.3 Å². The Labute approximate surface area is 274 Å². The molecule has 2 aromatic carbocycles. The highest BCUT2D eigenvalue weighted by Gasteiger charge is 2.44. The van der Waals surface area contributed by atoms with Gasteiger partial charge in [0.15, 0.2) is 6.23 Å². The molecule has 2 atom stereocenters. The van der Waals surface area contributed by atoms with E-state index in [1.54, 1.807) is 21.9 Å². The minimum absolute atomic E-state index is 0.0801. The van der Waals surface area contributed by atoms with Crippen LogP contribution < -0.4 is 19.4 Å². The Hall–Kier alpha value is -3.31. The number of carbonyl (C=O) groups is 2. The van der Waals surface area contributed by atoms with E-state index < -0.39 is 22.2 Å². The molecule has 2 amide bonds. The van der Waals surface area contributed by atoms with Gasteiger partial charge in [-0.3, -0.25) is 19.4 Å². The molecule has 46 heavy (non-hydrogen) atoms. The zero-order chi connectivity index (χ0) is 32.9. The number of fused-ring (bicyclic) bond motifs is 1. The summed E-state index contributed by atoms with van der Waals surface area (Å²) in [7, 11) is -0.524. The van der Waals surface area contributed by atoms with Gasteiger partial charge in [-0.25, -0.2) is 18.0 Å². The highest BCUT2D eigenvalue weighted by atomic mass is 32.2. The number of ether oxygens (including phenoxy) is 2. The number of carbonyl (C=O) groups excluding carboxylic acids is 2. The van der Waals surface area contributed by atoms with Gasteiger partial charge in [0.25, 0.3) is 0 Å². The zero-order valence-electron chi connectivity index (χ0n) is 27.8. The molecule has 1 unspecified atom stereocenters. The van der Waals surface area contributed by atoms with Crippen molar-refractivity contribution in [1.82, 2.24) is 5.32 Å². The number of hydrogen-bond acceptors (Lipinski definition) is 7. The van der Waals surface area contributed by atoms with E-state index in [0.717, 1.165) is 62.5 Å². The fourth-order valence-corrected chi connectivity index (χ4v) is 7.92. The van der Waals surface area contributed by atoms with Gasteiger partial charge in [-0.2, -0.15) is 0 Å². The second-order valence-corrected chi connectivity index (χ2v) is 15.3. The van der Waals surface area contributed by atoms with E-state index in [9.17, 15) is 18.0 Å². The Bertz CT molecular complexity index is 1470. The molecular formula is C35H50N4O6S. The summed E-state index contributed by atoms with van der Waals surface area (Å²) in [6.45, 7) is 2.97. The maximum atomic E-state index is 14.2. The lowest BCUT2D eigenvalue weighted by Gasteiger charge is -2.46. The van der Waals surface area contributed by atoms with Gasteiger partial charge in [-0.1, -0.05) is 69.6 Å². The van der Waals surface area contributed by atoms with Gasteiger partial charge >= 0.3 is 12.2 Å². The first-order valence-corrected chi connectivity index (χ1v) is 18.7. The fraction of sp³-hybridized carbons (Fsp3) is 0.600. The van der Waals surface area contributed by atoms with Crippen molar-refractivity contribution >= 4 is 39.3 Å². The number of nitrogens with zero attached hydrogens (tertiary/aromatic N) is 3. The van der Waals surface area contributed by atoms with Crippen molar-refractivity contribution in [3.05, 3.63) is 42.5 Å². The second-order valence-electron chi connectivity index (χ2n) is 13.3. The van der Waals surface area contributed by atoms with Gasteiger partial charge in [0.05, 0.1) is 43.0 Å². The third-order valence-electron chi connectivity index (χ3n) is 10.1. The number of sulfonamides is 1. The van der Waals surface area contributed by atoms with Crippen LogP contribution in [0.4, 0.5) is 26.7 Å². The van der Waals surface area contributed by atoms with E-state index in [-0.39, 0.29) is 24.2 Å². The minimum Gasteiger partial charge on any atom is -0.452 e. The van der Waals surface area contributed by atoms with Crippen molar-refractivity contribution in [1.29, 1.82) is 0 Å². The molecule has 2 heterocycles. The van der Waals surface area contributed by atoms with Gasteiger partial charge in [-0.15, -0.1) is 0 Å². The van der Waals surface area contributed by atoms with E-state index in [4.69, 9.17) is 9.47 Å². The van der Waals surface area contributed by atoms with E-state index in [1.165, 1.54) is 57.0 Å². The van der Waals surface area contributed by atoms with Crippen LogP contribution in [0.5, 0.6) is 0 Å². The number of methoxy groups -OCH3 is 1. The van der Waals surface area contributed by atoms with Crippen LogP contribution in [0.15, 0.2) is 42.5 Å². The summed E-state index contributed by atoms with van der Waals surface area (Å²) in [6.07, 6.45) is 14.0. The quantitative estimate of drug-likeness (QED) is 0.369. The van der Waals surface area contributed by atoms with Crippen LogP contribution in [0, 0.1) is 5.41 Å². The van der Waals surface area contributed by atoms with Gasteiger partial charge < -0.3 is 9.47 Å². The van der Waals surface area contributed by atoms with Crippen LogP contribution in [0.1, 0.15) is 84.0 Å². The average molecular weight is 655 g/mol. The predicted molar refractivity (Wildman–Crippen MR) is 183 cm³/mol. The number of piperidine rings is 1. The second kappa shape index (κ2) is 14.6. The maximum absolute atomic E-state index is 14.2. The Morgan fingerprint density at radius 1 is 0.848 bits per heavy atom. The van der Waals surface area contributed by atoms with E-state index >= 15 is 0 Å². The summed E-state index contributed by atoms with van der Waals surface area (Å²) in [5.74, 6) is 0. The molecule has 11 heteroatoms. The van der Waals surface area contributed by atoms with Gasteiger partial charge in [0, 0.05) is 12.5 Å². The van der Waals surface area contributed by atoms with Crippen molar-refractivity contribution < 1.29 is 27.5 Å². The van der Waals surface area contributed by atoms with Crippen LogP contribution in [-0.4, -0.2) is 66.4 Å². The largest absolute Gasteiger partial charge is 0.452 e. The van der Waals surface area contributed by atoms with Crippen molar-refractivity contribution in [3.63, 3.8) is 0 Å². The smallest absolute Gasteiger partial charge is 0.416 e. The molecule has 5 rings (SSSR count). The molecule has 0 aromatic heterocycles. The van der Waals surface area contributed by atoms with Crippen LogP contribution in [-0.2, 0) is 19.5 Å². The number of hydrogen-bond donors (Lipinski definition) is 1. The summed E-state index contributed by atoms with van der Waals surface area (Å²) in [5.41, 5.74) is 3.26. The Balaban J connectivity index is 1.45. The highest BCUT2D eigenvalue weighted by molar-refractivity contribution is 7.92. The maximum Gasteiger partial charge on any atom is 0.416 e. The monoisotopic (exact) mass is 654 g/mol. The third kappa shape index (κ3) is 7.46. The molecular weight excluding hydrogens is 604 g/mol. The minimum atomic E-state index is -3.40. The molecule has 2 aromatic rings. The molecule has 3 aliphatic rings. The number of amides is 2. The molecule has 0 bridgehead atoms. The van der Waals surface area contributed by atoms with Gasteiger partial charge in [-0.05, 0) is 74.5 Å². The number of nitrogens with one attached hydrogen (secondary N) is 1. The van der Waals surface area contributed by atoms with Crippen molar-refractivity contribution in [2.75, 3.05) is 47.6 Å². The summed E-state index contributed by atoms with van der Waals surface area (Å²) >= 11 is 0. The molecule has 1 saturated carbocycles. The molecule has 1 N–H and O–H groups in total. The topological polar surface area (TPSA) is 108 Å². The summed E-state index contributed by atoms with van der Waals surface area (Å²) < 4.78 is 36.9. The average Bonchev–Trinajstić information content (AvgIpc) is 3.10. The third-order valence-corrected chi connectivity index (χ3v) is 11.3. The number of benzene rings is 2. The summed E-state index contributed by atoms with van der Waals surface area (Å²) in [5, 5.41) is 3.58. The first-order chi connectivity index (χ1) is 22.0. The molecule has 1 spiro atoms. The SMILES string of the molecule is COC(=O)N1c2ccc(-c3ccc(N(C)S(C)(=O)=O)cc3)cc2N(C(=O)OC2NCCCC23CCCCCCCCCC3)C[C@@H]1C. The van der Waals surface area contributed by atoms with Gasteiger partial charge in [0.1, 0.15) is 0 Å². The molecule has 2 aliphatic heterocycles. The summed E-state index contributed by atoms with van der Waals surface area (Å²) in [4.78, 5) is 30.4. The molecule has 2 fully saturated rings. The standard InChI is InChI=1S/C35H50N4O6S/c1-26-25-38(33(40)45-32-35(22-13-23-36-32)20-11-9-7-5-6-8-10-12-21-35)31-24-28(16-19-30(31)39(26)34(41)44-3)27-14-17-29(18-15-27)37(2)46(4,42)43/h14-19,24,26,32,36H,5-13,20-23,25H2,1-4H3/t26-,32?/m0/s1. The summed E-state index contributed by atoms with van der Waals surface area (Å²) in [6, 6.07) is 12.5. The van der Waals surface area contributed by atoms with E-state index in [0.29, 0.717) is 17.1 Å². The Morgan fingerprint density at radius 3 is 2.04 bits per heavy atom. The first kappa shape index (κ1) is 34.0. The van der Waals surface area contributed by atoms with Crippen molar-refractivity contribution in [3.8, 4) is 11.1 Å². The van der Waals surface area contributed by atoms with Crippen LogP contribution in [0.25, 0.3) is 11.1 Å². The number of rotatable bonds is 4. The van der Waals surface area contributed by atoms with Crippen LogP contribution >= 0.6 is 0 Å². The first-order valence-electron chi connectivity index (χ1n) is 16.8. The molecule has 0 radical (unpaired) electrons. The normalized spacial score (nSPS) is 22.3. The molecule has 1 saturated heterocycles. The van der Waals surface area contributed by atoms with Crippen molar-refractivity contribution in [2.24, 2.45) is 5.41 Å². The molecule has 1 aliphatic carbocycles.